The number of ether oxygens (including phenoxy) is 1. The molecular formula is C11H21O. The van der Waals surface area contributed by atoms with Gasteiger partial charge in [0, 0.05) is 0 Å². The van der Waals surface area contributed by atoms with Crippen molar-refractivity contribution in [3.8, 4) is 0 Å². The SMILES string of the molecule is [CH2]O[C@@H]1C[C@H](C)CC[C@H]1C(C)C. The first kappa shape index (κ1) is 10.0. The molecule has 1 saturated carbocycles. The highest BCUT2D eigenvalue weighted by molar-refractivity contribution is 4.81. The Kier molecular flexibility index (Phi) is 3.57. The van der Waals surface area contributed by atoms with E-state index in [9.17, 15) is 0 Å². The van der Waals surface area contributed by atoms with E-state index in [-0.39, 0.29) is 0 Å². The molecule has 1 radical (unpaired) electrons. The van der Waals surface area contributed by atoms with Gasteiger partial charge in [-0.05, 0) is 30.6 Å². The molecule has 0 aromatic rings. The van der Waals surface area contributed by atoms with Crippen LogP contribution in [-0.2, 0) is 4.74 Å². The van der Waals surface area contributed by atoms with Crippen molar-refractivity contribution in [2.45, 2.75) is 46.1 Å². The zero-order valence-corrected chi connectivity index (χ0v) is 8.55. The third-order valence-corrected chi connectivity index (χ3v) is 3.18. The summed E-state index contributed by atoms with van der Waals surface area (Å²) in [6, 6.07) is 0. The summed E-state index contributed by atoms with van der Waals surface area (Å²) in [5.74, 6) is 2.30. The van der Waals surface area contributed by atoms with Crippen molar-refractivity contribution < 1.29 is 4.74 Å². The topological polar surface area (TPSA) is 9.23 Å². The molecule has 0 aliphatic heterocycles. The maximum Gasteiger partial charge on any atom is 0.0704 e. The van der Waals surface area contributed by atoms with Crippen molar-refractivity contribution in [1.82, 2.24) is 0 Å². The Morgan fingerprint density at radius 3 is 2.50 bits per heavy atom. The molecule has 0 unspecified atom stereocenters. The number of hydrogen-bond donors (Lipinski definition) is 0. The fourth-order valence-corrected chi connectivity index (χ4v) is 2.31. The third kappa shape index (κ3) is 2.22. The van der Waals surface area contributed by atoms with Gasteiger partial charge in [-0.3, -0.25) is 0 Å². The molecule has 1 heteroatoms. The van der Waals surface area contributed by atoms with E-state index in [1.165, 1.54) is 19.3 Å². The quantitative estimate of drug-likeness (QED) is 0.616. The van der Waals surface area contributed by atoms with Crippen molar-refractivity contribution in [1.29, 1.82) is 0 Å². The smallest absolute Gasteiger partial charge is 0.0704 e. The van der Waals surface area contributed by atoms with Gasteiger partial charge in [0.25, 0.3) is 0 Å². The summed E-state index contributed by atoms with van der Waals surface area (Å²) >= 11 is 0. The van der Waals surface area contributed by atoms with Crippen LogP contribution in [0.3, 0.4) is 0 Å². The molecule has 1 aliphatic carbocycles. The van der Waals surface area contributed by atoms with Gasteiger partial charge in [-0.25, -0.2) is 0 Å². The third-order valence-electron chi connectivity index (χ3n) is 3.18. The Hall–Kier alpha value is -0.0400. The van der Waals surface area contributed by atoms with Crippen LogP contribution in [0.2, 0.25) is 0 Å². The van der Waals surface area contributed by atoms with Crippen LogP contribution in [0.15, 0.2) is 0 Å². The molecule has 0 N–H and O–H groups in total. The molecule has 3 atom stereocenters. The number of rotatable bonds is 2. The summed E-state index contributed by atoms with van der Waals surface area (Å²) in [6.07, 6.45) is 4.29. The molecule has 0 aromatic heterocycles. The van der Waals surface area contributed by atoms with Gasteiger partial charge in [0.05, 0.1) is 13.2 Å². The lowest BCUT2D eigenvalue weighted by Crippen LogP contribution is -2.32. The first-order valence-electron chi connectivity index (χ1n) is 5.06. The van der Waals surface area contributed by atoms with E-state index in [1.807, 2.05) is 0 Å². The minimum atomic E-state index is 0.411. The highest BCUT2D eigenvalue weighted by Gasteiger charge is 2.30. The fourth-order valence-electron chi connectivity index (χ4n) is 2.31. The molecule has 1 rings (SSSR count). The Bertz CT molecular complexity index is 131. The van der Waals surface area contributed by atoms with Crippen LogP contribution < -0.4 is 0 Å². The molecule has 0 spiro atoms. The molecule has 0 heterocycles. The Morgan fingerprint density at radius 1 is 1.33 bits per heavy atom. The van der Waals surface area contributed by atoms with E-state index in [0.717, 1.165) is 17.8 Å². The minimum absolute atomic E-state index is 0.411. The molecule has 0 bridgehead atoms. The fraction of sp³-hybridized carbons (Fsp3) is 0.909. The van der Waals surface area contributed by atoms with E-state index in [4.69, 9.17) is 4.74 Å². The zero-order chi connectivity index (χ0) is 9.14. The predicted molar refractivity (Wildman–Crippen MR) is 51.6 cm³/mol. The van der Waals surface area contributed by atoms with E-state index in [0.29, 0.717) is 6.10 Å². The molecule has 1 aliphatic rings. The number of hydrogen-bond acceptors (Lipinski definition) is 1. The van der Waals surface area contributed by atoms with Gasteiger partial charge in [-0.15, -0.1) is 0 Å². The molecular weight excluding hydrogens is 148 g/mol. The largest absolute Gasteiger partial charge is 0.376 e. The van der Waals surface area contributed by atoms with Crippen LogP contribution >= 0.6 is 0 Å². The van der Waals surface area contributed by atoms with E-state index < -0.39 is 0 Å². The first-order valence-corrected chi connectivity index (χ1v) is 5.06. The van der Waals surface area contributed by atoms with Gasteiger partial charge in [-0.2, -0.15) is 0 Å². The minimum Gasteiger partial charge on any atom is -0.376 e. The van der Waals surface area contributed by atoms with E-state index in [2.05, 4.69) is 27.9 Å². The molecule has 1 fully saturated rings. The Morgan fingerprint density at radius 2 is 2.00 bits per heavy atom. The second-order valence-corrected chi connectivity index (χ2v) is 4.53. The van der Waals surface area contributed by atoms with Crippen molar-refractivity contribution in [2.75, 3.05) is 0 Å². The zero-order valence-electron chi connectivity index (χ0n) is 8.55. The lowest BCUT2D eigenvalue weighted by atomic mass is 9.75. The van der Waals surface area contributed by atoms with Gasteiger partial charge in [0.15, 0.2) is 0 Å². The van der Waals surface area contributed by atoms with Gasteiger partial charge < -0.3 is 4.74 Å². The summed E-state index contributed by atoms with van der Waals surface area (Å²) in [6.45, 7) is 6.88. The van der Waals surface area contributed by atoms with Crippen LogP contribution in [0.5, 0.6) is 0 Å². The van der Waals surface area contributed by atoms with Gasteiger partial charge in [0.2, 0.25) is 0 Å². The molecule has 0 amide bonds. The van der Waals surface area contributed by atoms with E-state index in [1.54, 1.807) is 0 Å². The van der Waals surface area contributed by atoms with Crippen molar-refractivity contribution in [3.63, 3.8) is 0 Å². The summed E-state index contributed by atoms with van der Waals surface area (Å²) < 4.78 is 5.29. The summed E-state index contributed by atoms with van der Waals surface area (Å²) in [5.41, 5.74) is 0. The van der Waals surface area contributed by atoms with Gasteiger partial charge in [-0.1, -0.05) is 27.2 Å². The maximum absolute atomic E-state index is 5.29. The molecule has 0 saturated heterocycles. The monoisotopic (exact) mass is 169 g/mol. The normalized spacial score (nSPS) is 37.2. The van der Waals surface area contributed by atoms with Crippen LogP contribution in [-0.4, -0.2) is 6.10 Å². The van der Waals surface area contributed by atoms with Crippen LogP contribution in [0, 0.1) is 24.9 Å². The van der Waals surface area contributed by atoms with Gasteiger partial charge in [0.1, 0.15) is 0 Å². The Labute approximate surface area is 76.5 Å². The highest BCUT2D eigenvalue weighted by atomic mass is 16.5. The predicted octanol–water partition coefficient (Wildman–Crippen LogP) is 3.26. The van der Waals surface area contributed by atoms with Crippen molar-refractivity contribution in [3.05, 3.63) is 7.11 Å². The van der Waals surface area contributed by atoms with E-state index >= 15 is 0 Å². The first-order chi connectivity index (χ1) is 5.65. The molecule has 71 valence electrons. The average Bonchev–Trinajstić information content (AvgIpc) is 2.03. The van der Waals surface area contributed by atoms with Crippen molar-refractivity contribution in [2.24, 2.45) is 17.8 Å². The molecule has 12 heavy (non-hydrogen) atoms. The summed E-state index contributed by atoms with van der Waals surface area (Å²) in [5, 5.41) is 0. The standard InChI is InChI=1S/C11H21O/c1-8(2)10-6-5-9(3)7-11(10)12-4/h8-11H,4-7H2,1-3H3/t9-,10+,11-/m1/s1. The average molecular weight is 169 g/mol. The van der Waals surface area contributed by atoms with Crippen LogP contribution in [0.25, 0.3) is 0 Å². The molecule has 0 aromatic carbocycles. The van der Waals surface area contributed by atoms with Crippen LogP contribution in [0.1, 0.15) is 40.0 Å². The lowest BCUT2D eigenvalue weighted by Gasteiger charge is -2.36. The summed E-state index contributed by atoms with van der Waals surface area (Å²) in [4.78, 5) is 0. The Balaban J connectivity index is 2.50. The summed E-state index contributed by atoms with van der Waals surface area (Å²) in [7, 11) is 3.58. The van der Waals surface area contributed by atoms with Crippen molar-refractivity contribution >= 4 is 0 Å². The van der Waals surface area contributed by atoms with Gasteiger partial charge >= 0.3 is 0 Å². The second kappa shape index (κ2) is 4.27. The second-order valence-electron chi connectivity index (χ2n) is 4.53. The van der Waals surface area contributed by atoms with Crippen LogP contribution in [0.4, 0.5) is 0 Å². The maximum atomic E-state index is 5.29. The highest BCUT2D eigenvalue weighted by Crippen LogP contribution is 2.34. The lowest BCUT2D eigenvalue weighted by molar-refractivity contribution is 0.00996. The molecule has 1 nitrogen and oxygen atoms in total.